The number of nitrogens with zero attached hydrogens (tertiary/aromatic N) is 2. The molecule has 0 saturated carbocycles. The lowest BCUT2D eigenvalue weighted by molar-refractivity contribution is -0.135. The molecule has 0 aliphatic carbocycles. The predicted molar refractivity (Wildman–Crippen MR) is 58.3 cm³/mol. The number of amides is 2. The van der Waals surface area contributed by atoms with Gasteiger partial charge >= 0.3 is 0 Å². The van der Waals surface area contributed by atoms with Gasteiger partial charge in [-0.15, -0.1) is 0 Å². The first kappa shape index (κ1) is 11.8. The summed E-state index contributed by atoms with van der Waals surface area (Å²) in [5.74, 6) is -0.0401. The van der Waals surface area contributed by atoms with Crippen molar-refractivity contribution in [3.8, 4) is 0 Å². The largest absolute Gasteiger partial charge is 0.344 e. The van der Waals surface area contributed by atoms with Crippen molar-refractivity contribution in [2.24, 2.45) is 0 Å². The molecule has 0 aromatic heterocycles. The maximum atomic E-state index is 11.7. The molecule has 2 amide bonds. The van der Waals surface area contributed by atoms with Crippen molar-refractivity contribution in [3.05, 3.63) is 11.6 Å². The van der Waals surface area contributed by atoms with Crippen molar-refractivity contribution in [1.82, 2.24) is 9.80 Å². The average Bonchev–Trinajstić information content (AvgIpc) is 2.28. The monoisotopic (exact) mass is 210 g/mol. The van der Waals surface area contributed by atoms with E-state index in [0.717, 1.165) is 18.5 Å². The quantitative estimate of drug-likeness (QED) is 0.596. The van der Waals surface area contributed by atoms with E-state index in [1.807, 2.05) is 13.8 Å². The number of carbonyl (C=O) groups excluding carboxylic acids is 2. The molecule has 0 aromatic carbocycles. The van der Waals surface area contributed by atoms with Gasteiger partial charge in [0.15, 0.2) is 0 Å². The molecule has 0 unspecified atom stereocenters. The van der Waals surface area contributed by atoms with E-state index < -0.39 is 0 Å². The molecule has 0 aromatic rings. The molecule has 4 nitrogen and oxygen atoms in total. The molecule has 1 fully saturated rings. The van der Waals surface area contributed by atoms with E-state index in [2.05, 4.69) is 0 Å². The second kappa shape index (κ2) is 4.96. The fourth-order valence-electron chi connectivity index (χ4n) is 1.51. The molecule has 0 atom stereocenters. The lowest BCUT2D eigenvalue weighted by Gasteiger charge is -2.18. The molecule has 1 heterocycles. The Morgan fingerprint density at radius 2 is 2.00 bits per heavy atom. The van der Waals surface area contributed by atoms with Crippen LogP contribution in [0.15, 0.2) is 11.6 Å². The normalized spacial score (nSPS) is 17.4. The molecule has 1 rings (SSSR count). The summed E-state index contributed by atoms with van der Waals surface area (Å²) in [6.45, 7) is 5.36. The summed E-state index contributed by atoms with van der Waals surface area (Å²) < 4.78 is 0. The predicted octanol–water partition coefficient (Wildman–Crippen LogP) is 0.643. The van der Waals surface area contributed by atoms with E-state index in [4.69, 9.17) is 0 Å². The molecule has 84 valence electrons. The Kier molecular flexibility index (Phi) is 3.88. The van der Waals surface area contributed by atoms with Gasteiger partial charge in [0.05, 0.1) is 6.54 Å². The number of hydrogen-bond acceptors (Lipinski definition) is 2. The van der Waals surface area contributed by atoms with Crippen molar-refractivity contribution in [2.45, 2.75) is 20.3 Å². The maximum absolute atomic E-state index is 11.7. The summed E-state index contributed by atoms with van der Waals surface area (Å²) in [5, 5.41) is 0. The van der Waals surface area contributed by atoms with Gasteiger partial charge in [-0.3, -0.25) is 9.59 Å². The minimum atomic E-state index is -0.0568. The molecule has 0 bridgehead atoms. The van der Waals surface area contributed by atoms with Gasteiger partial charge in [0.25, 0.3) is 0 Å². The van der Waals surface area contributed by atoms with Crippen molar-refractivity contribution in [2.75, 3.05) is 26.7 Å². The molecular weight excluding hydrogens is 192 g/mol. The van der Waals surface area contributed by atoms with E-state index in [9.17, 15) is 9.59 Å². The average molecular weight is 210 g/mol. The molecule has 1 saturated heterocycles. The van der Waals surface area contributed by atoms with Gasteiger partial charge in [0.1, 0.15) is 0 Å². The van der Waals surface area contributed by atoms with Crippen LogP contribution < -0.4 is 0 Å². The highest BCUT2D eigenvalue weighted by molar-refractivity contribution is 5.91. The standard InChI is InChI=1S/C11H18N2O2/c1-9(2)7-10(14)13-6-4-5-12(3)11(15)8-13/h7H,4-6,8H2,1-3H3. The van der Waals surface area contributed by atoms with Gasteiger partial charge in [-0.25, -0.2) is 0 Å². The third-order valence-corrected chi connectivity index (χ3v) is 2.40. The summed E-state index contributed by atoms with van der Waals surface area (Å²) in [6.07, 6.45) is 2.43. The SMILES string of the molecule is CC(C)=CC(=O)N1CCCN(C)C(=O)C1. The fraction of sp³-hybridized carbons (Fsp3) is 0.636. The van der Waals surface area contributed by atoms with E-state index in [-0.39, 0.29) is 18.4 Å². The smallest absolute Gasteiger partial charge is 0.246 e. The topological polar surface area (TPSA) is 40.6 Å². The maximum Gasteiger partial charge on any atom is 0.246 e. The highest BCUT2D eigenvalue weighted by Gasteiger charge is 2.21. The van der Waals surface area contributed by atoms with Crippen molar-refractivity contribution < 1.29 is 9.59 Å². The van der Waals surface area contributed by atoms with Gasteiger partial charge in [0, 0.05) is 26.2 Å². The molecule has 15 heavy (non-hydrogen) atoms. The fourth-order valence-corrected chi connectivity index (χ4v) is 1.51. The molecular formula is C11H18N2O2. The van der Waals surface area contributed by atoms with Crippen molar-refractivity contribution >= 4 is 11.8 Å². The van der Waals surface area contributed by atoms with E-state index in [1.165, 1.54) is 0 Å². The molecule has 1 aliphatic heterocycles. The van der Waals surface area contributed by atoms with Crippen LogP contribution in [-0.2, 0) is 9.59 Å². The Bertz CT molecular complexity index is 293. The molecule has 1 aliphatic rings. The minimum absolute atomic E-state index is 0.0167. The van der Waals surface area contributed by atoms with Crippen LogP contribution in [0.3, 0.4) is 0 Å². The Balaban J connectivity index is 2.67. The first-order valence-corrected chi connectivity index (χ1v) is 5.18. The lowest BCUT2D eigenvalue weighted by Crippen LogP contribution is -2.37. The third-order valence-electron chi connectivity index (χ3n) is 2.40. The zero-order valence-electron chi connectivity index (χ0n) is 9.62. The minimum Gasteiger partial charge on any atom is -0.344 e. The molecule has 0 radical (unpaired) electrons. The zero-order chi connectivity index (χ0) is 11.4. The van der Waals surface area contributed by atoms with Gasteiger partial charge in [-0.05, 0) is 20.3 Å². The van der Waals surface area contributed by atoms with Crippen molar-refractivity contribution in [1.29, 1.82) is 0 Å². The molecule has 4 heteroatoms. The van der Waals surface area contributed by atoms with Crippen LogP contribution in [-0.4, -0.2) is 48.3 Å². The van der Waals surface area contributed by atoms with E-state index >= 15 is 0 Å². The molecule has 0 N–H and O–H groups in total. The second-order valence-corrected chi connectivity index (χ2v) is 4.15. The Labute approximate surface area is 90.5 Å². The third kappa shape index (κ3) is 3.38. The van der Waals surface area contributed by atoms with E-state index in [1.54, 1.807) is 22.9 Å². The second-order valence-electron chi connectivity index (χ2n) is 4.15. The highest BCUT2D eigenvalue weighted by atomic mass is 16.2. The summed E-state index contributed by atoms with van der Waals surface area (Å²) in [6, 6.07) is 0. The molecule has 0 spiro atoms. The van der Waals surface area contributed by atoms with Crippen LogP contribution in [0.4, 0.5) is 0 Å². The summed E-state index contributed by atoms with van der Waals surface area (Å²) in [5.41, 5.74) is 0.963. The zero-order valence-corrected chi connectivity index (χ0v) is 9.62. The number of carbonyl (C=O) groups is 2. The summed E-state index contributed by atoms with van der Waals surface area (Å²) in [7, 11) is 1.78. The lowest BCUT2D eigenvalue weighted by atomic mass is 10.3. The number of rotatable bonds is 1. The number of likely N-dealkylation sites (N-methyl/N-ethyl adjacent to an activating group) is 1. The summed E-state index contributed by atoms with van der Waals surface area (Å²) >= 11 is 0. The van der Waals surface area contributed by atoms with Crippen LogP contribution in [0.1, 0.15) is 20.3 Å². The number of hydrogen-bond donors (Lipinski definition) is 0. The number of allylic oxidation sites excluding steroid dienone is 1. The highest BCUT2D eigenvalue weighted by Crippen LogP contribution is 2.04. The first-order chi connectivity index (χ1) is 7.00. The van der Waals surface area contributed by atoms with E-state index in [0.29, 0.717) is 6.54 Å². The van der Waals surface area contributed by atoms with Gasteiger partial charge in [-0.1, -0.05) is 5.57 Å². The van der Waals surface area contributed by atoms with Gasteiger partial charge < -0.3 is 9.80 Å². The summed E-state index contributed by atoms with van der Waals surface area (Å²) in [4.78, 5) is 26.5. The van der Waals surface area contributed by atoms with Gasteiger partial charge in [0.2, 0.25) is 11.8 Å². The van der Waals surface area contributed by atoms with Crippen LogP contribution in [0.25, 0.3) is 0 Å². The first-order valence-electron chi connectivity index (χ1n) is 5.18. The van der Waals surface area contributed by atoms with Crippen molar-refractivity contribution in [3.63, 3.8) is 0 Å². The Hall–Kier alpha value is -1.32. The van der Waals surface area contributed by atoms with Crippen LogP contribution in [0.5, 0.6) is 0 Å². The van der Waals surface area contributed by atoms with Crippen LogP contribution >= 0.6 is 0 Å². The Morgan fingerprint density at radius 1 is 1.33 bits per heavy atom. The van der Waals surface area contributed by atoms with Crippen LogP contribution in [0.2, 0.25) is 0 Å². The van der Waals surface area contributed by atoms with Crippen LogP contribution in [0, 0.1) is 0 Å². The van der Waals surface area contributed by atoms with Gasteiger partial charge in [-0.2, -0.15) is 0 Å². The Morgan fingerprint density at radius 3 is 2.60 bits per heavy atom.